The van der Waals surface area contributed by atoms with Crippen LogP contribution in [0.2, 0.25) is 0 Å². The van der Waals surface area contributed by atoms with Crippen molar-refractivity contribution in [3.8, 4) is 0 Å². The zero-order chi connectivity index (χ0) is 15.0. The van der Waals surface area contributed by atoms with Crippen LogP contribution in [0.15, 0.2) is 24.3 Å². The number of aryl methyl sites for hydroxylation is 1. The van der Waals surface area contributed by atoms with Gasteiger partial charge in [0.05, 0.1) is 17.9 Å². The highest BCUT2D eigenvalue weighted by molar-refractivity contribution is 5.85. The number of benzene rings is 1. The van der Waals surface area contributed by atoms with E-state index in [2.05, 4.69) is 17.4 Å². The van der Waals surface area contributed by atoms with Crippen LogP contribution in [-0.4, -0.2) is 17.0 Å². The lowest BCUT2D eigenvalue weighted by molar-refractivity contribution is -0.146. The molecule has 1 aromatic rings. The summed E-state index contributed by atoms with van der Waals surface area (Å²) < 4.78 is 0. The molecule has 0 aromatic heterocycles. The number of hydrogen-bond acceptors (Lipinski definition) is 2. The van der Waals surface area contributed by atoms with Crippen LogP contribution in [0.4, 0.5) is 0 Å². The van der Waals surface area contributed by atoms with Gasteiger partial charge in [-0.15, -0.1) is 0 Å². The Balaban J connectivity index is 1.71. The second kappa shape index (κ2) is 5.51. The third kappa shape index (κ3) is 2.67. The van der Waals surface area contributed by atoms with Crippen molar-refractivity contribution in [2.75, 3.05) is 0 Å². The predicted octanol–water partition coefficient (Wildman–Crippen LogP) is 2.54. The molecule has 1 saturated carbocycles. The van der Waals surface area contributed by atoms with Gasteiger partial charge in [-0.25, -0.2) is 0 Å². The van der Waals surface area contributed by atoms with E-state index in [0.29, 0.717) is 18.8 Å². The highest BCUT2D eigenvalue weighted by Crippen LogP contribution is 2.38. The van der Waals surface area contributed by atoms with Crippen molar-refractivity contribution in [2.24, 2.45) is 17.8 Å². The standard InChI is InChI=1S/C17H21NO3/c1-10-8-13(14(9-10)17(20)21)16(19)18-15-7-6-11-4-2-3-5-12(11)15/h2-5,10,13-15H,6-9H2,1H3,(H,18,19)(H,20,21)/t10?,13-,14+,15?/m0/s1. The van der Waals surface area contributed by atoms with Crippen LogP contribution in [0, 0.1) is 17.8 Å². The van der Waals surface area contributed by atoms with E-state index in [4.69, 9.17) is 0 Å². The minimum absolute atomic E-state index is 0.0408. The molecule has 112 valence electrons. The average Bonchev–Trinajstić information content (AvgIpc) is 3.03. The van der Waals surface area contributed by atoms with E-state index in [9.17, 15) is 14.7 Å². The van der Waals surface area contributed by atoms with E-state index in [-0.39, 0.29) is 17.9 Å². The van der Waals surface area contributed by atoms with Crippen LogP contribution in [0.5, 0.6) is 0 Å². The molecule has 2 aliphatic rings. The van der Waals surface area contributed by atoms with E-state index in [1.54, 1.807) is 0 Å². The van der Waals surface area contributed by atoms with E-state index in [1.165, 1.54) is 11.1 Å². The Morgan fingerprint density at radius 2 is 1.90 bits per heavy atom. The van der Waals surface area contributed by atoms with E-state index < -0.39 is 11.9 Å². The zero-order valence-electron chi connectivity index (χ0n) is 12.2. The van der Waals surface area contributed by atoms with Crippen molar-refractivity contribution >= 4 is 11.9 Å². The Morgan fingerprint density at radius 3 is 2.67 bits per heavy atom. The SMILES string of the molecule is CC1C[C@H](C(=O)NC2CCc3ccccc32)[C@H](C(=O)O)C1. The molecular weight excluding hydrogens is 266 g/mol. The molecule has 0 heterocycles. The number of nitrogens with one attached hydrogen (secondary N) is 1. The van der Waals surface area contributed by atoms with Gasteiger partial charge in [0, 0.05) is 0 Å². The number of amides is 1. The molecule has 0 saturated heterocycles. The van der Waals surface area contributed by atoms with Gasteiger partial charge in [-0.1, -0.05) is 31.2 Å². The number of rotatable bonds is 3. The fraction of sp³-hybridized carbons (Fsp3) is 0.529. The fourth-order valence-electron chi connectivity index (χ4n) is 3.84. The minimum atomic E-state index is -0.841. The first-order valence-electron chi connectivity index (χ1n) is 7.67. The molecule has 4 atom stereocenters. The maximum Gasteiger partial charge on any atom is 0.307 e. The van der Waals surface area contributed by atoms with Crippen LogP contribution >= 0.6 is 0 Å². The second-order valence-electron chi connectivity index (χ2n) is 6.43. The van der Waals surface area contributed by atoms with Gasteiger partial charge in [-0.05, 0) is 42.7 Å². The summed E-state index contributed by atoms with van der Waals surface area (Å²) >= 11 is 0. The molecule has 0 radical (unpaired) electrons. The molecule has 4 nitrogen and oxygen atoms in total. The molecule has 1 fully saturated rings. The van der Waals surface area contributed by atoms with Gasteiger partial charge in [0.25, 0.3) is 0 Å². The van der Waals surface area contributed by atoms with Gasteiger partial charge >= 0.3 is 5.97 Å². The van der Waals surface area contributed by atoms with Crippen LogP contribution in [0.3, 0.4) is 0 Å². The molecule has 4 heteroatoms. The average molecular weight is 287 g/mol. The predicted molar refractivity (Wildman–Crippen MR) is 78.7 cm³/mol. The van der Waals surface area contributed by atoms with Gasteiger partial charge in [-0.3, -0.25) is 9.59 Å². The Bertz CT molecular complexity index is 569. The molecule has 21 heavy (non-hydrogen) atoms. The number of aliphatic carboxylic acids is 1. The normalized spacial score (nSPS) is 30.9. The van der Waals surface area contributed by atoms with Crippen LogP contribution in [-0.2, 0) is 16.0 Å². The van der Waals surface area contributed by atoms with E-state index in [0.717, 1.165) is 12.8 Å². The van der Waals surface area contributed by atoms with Gasteiger partial charge in [0.15, 0.2) is 0 Å². The minimum Gasteiger partial charge on any atom is -0.481 e. The topological polar surface area (TPSA) is 66.4 Å². The van der Waals surface area contributed by atoms with Crippen LogP contribution < -0.4 is 5.32 Å². The summed E-state index contributed by atoms with van der Waals surface area (Å²) in [6.07, 6.45) is 3.17. The highest BCUT2D eigenvalue weighted by atomic mass is 16.4. The molecule has 1 amide bonds. The van der Waals surface area contributed by atoms with Gasteiger partial charge < -0.3 is 10.4 Å². The van der Waals surface area contributed by atoms with Crippen LogP contribution in [0.1, 0.15) is 43.4 Å². The number of carbonyl (C=O) groups excluding carboxylic acids is 1. The summed E-state index contributed by atoms with van der Waals surface area (Å²) in [4.78, 5) is 23.8. The molecule has 0 aliphatic heterocycles. The summed E-state index contributed by atoms with van der Waals surface area (Å²) in [6.45, 7) is 2.02. The Morgan fingerprint density at radius 1 is 1.19 bits per heavy atom. The Kier molecular flexibility index (Phi) is 3.70. The molecule has 1 aromatic carbocycles. The zero-order valence-corrected chi connectivity index (χ0v) is 12.2. The Hall–Kier alpha value is -1.84. The Labute approximate surface area is 124 Å². The number of fused-ring (bicyclic) bond motifs is 1. The maximum atomic E-state index is 12.5. The summed E-state index contributed by atoms with van der Waals surface area (Å²) in [5, 5.41) is 12.4. The molecule has 2 N–H and O–H groups in total. The van der Waals surface area contributed by atoms with E-state index in [1.807, 2.05) is 19.1 Å². The smallest absolute Gasteiger partial charge is 0.307 e. The monoisotopic (exact) mass is 287 g/mol. The third-order valence-corrected chi connectivity index (χ3v) is 4.90. The number of carbonyl (C=O) groups is 2. The van der Waals surface area contributed by atoms with Crippen molar-refractivity contribution < 1.29 is 14.7 Å². The summed E-state index contributed by atoms with van der Waals surface area (Å²) in [7, 11) is 0. The molecule has 0 spiro atoms. The van der Waals surface area contributed by atoms with Crippen molar-refractivity contribution in [1.29, 1.82) is 0 Å². The fourth-order valence-corrected chi connectivity index (χ4v) is 3.84. The lowest BCUT2D eigenvalue weighted by Gasteiger charge is -2.20. The number of carboxylic acids is 1. The largest absolute Gasteiger partial charge is 0.481 e. The number of hydrogen-bond donors (Lipinski definition) is 2. The van der Waals surface area contributed by atoms with Crippen molar-refractivity contribution in [1.82, 2.24) is 5.32 Å². The molecule has 0 bridgehead atoms. The second-order valence-corrected chi connectivity index (χ2v) is 6.43. The van der Waals surface area contributed by atoms with Crippen molar-refractivity contribution in [3.05, 3.63) is 35.4 Å². The van der Waals surface area contributed by atoms with Gasteiger partial charge in [-0.2, -0.15) is 0 Å². The maximum absolute atomic E-state index is 12.5. The van der Waals surface area contributed by atoms with Crippen LogP contribution in [0.25, 0.3) is 0 Å². The summed E-state index contributed by atoms with van der Waals surface area (Å²) in [5.41, 5.74) is 2.47. The van der Waals surface area contributed by atoms with Crippen molar-refractivity contribution in [3.63, 3.8) is 0 Å². The summed E-state index contributed by atoms with van der Waals surface area (Å²) in [5.74, 6) is -1.54. The van der Waals surface area contributed by atoms with Gasteiger partial charge in [0.2, 0.25) is 5.91 Å². The van der Waals surface area contributed by atoms with Gasteiger partial charge in [0.1, 0.15) is 0 Å². The first-order chi connectivity index (χ1) is 10.1. The quantitative estimate of drug-likeness (QED) is 0.897. The molecule has 2 unspecified atom stereocenters. The summed E-state index contributed by atoms with van der Waals surface area (Å²) in [6, 6.07) is 8.20. The third-order valence-electron chi connectivity index (χ3n) is 4.90. The molecule has 3 rings (SSSR count). The lowest BCUT2D eigenvalue weighted by Crippen LogP contribution is -2.36. The van der Waals surface area contributed by atoms with E-state index >= 15 is 0 Å². The number of carboxylic acid groups (broad SMARTS) is 1. The molecular formula is C17H21NO3. The molecule has 2 aliphatic carbocycles. The lowest BCUT2D eigenvalue weighted by atomic mass is 9.94. The first-order valence-corrected chi connectivity index (χ1v) is 7.67. The highest BCUT2D eigenvalue weighted by Gasteiger charge is 2.42. The van der Waals surface area contributed by atoms with Crippen molar-refractivity contribution in [2.45, 2.75) is 38.6 Å². The first kappa shape index (κ1) is 14.1.